The standard InChI is InChI=1S/C27H23ClN4O3S/c1-4-35-26(34)22-17(3)29-27-31(23(22)18-11-7-5-8-12-18)25(33)21(36-27)15-20-16(2)30-32(24(20)28)19-13-9-6-10-14-19/h5-15,23H,4H2,1-3H3/b21-15-/t23-/m0/s1. The second kappa shape index (κ2) is 9.72. The molecule has 0 fully saturated rings. The van der Waals surface area contributed by atoms with Crippen LogP contribution in [0.5, 0.6) is 0 Å². The number of aryl methyl sites for hydroxylation is 1. The van der Waals surface area contributed by atoms with Crippen molar-refractivity contribution in [3.8, 4) is 5.69 Å². The molecule has 0 bridgehead atoms. The van der Waals surface area contributed by atoms with Crippen molar-refractivity contribution in [2.45, 2.75) is 26.8 Å². The molecular weight excluding hydrogens is 496 g/mol. The molecule has 4 aromatic rings. The van der Waals surface area contributed by atoms with Gasteiger partial charge in [-0.3, -0.25) is 9.36 Å². The summed E-state index contributed by atoms with van der Waals surface area (Å²) in [6.07, 6.45) is 1.75. The zero-order chi connectivity index (χ0) is 25.4. The Morgan fingerprint density at radius 3 is 2.44 bits per heavy atom. The number of thiazole rings is 1. The van der Waals surface area contributed by atoms with Crippen molar-refractivity contribution in [2.75, 3.05) is 6.61 Å². The highest BCUT2D eigenvalue weighted by atomic mass is 35.5. The minimum atomic E-state index is -0.646. The maximum atomic E-state index is 13.8. The predicted molar refractivity (Wildman–Crippen MR) is 140 cm³/mol. The van der Waals surface area contributed by atoms with Crippen molar-refractivity contribution in [2.24, 2.45) is 4.99 Å². The molecule has 9 heteroatoms. The van der Waals surface area contributed by atoms with Crippen LogP contribution in [-0.2, 0) is 9.53 Å². The van der Waals surface area contributed by atoms with E-state index in [1.807, 2.05) is 67.6 Å². The van der Waals surface area contributed by atoms with Gasteiger partial charge in [-0.15, -0.1) is 0 Å². The minimum absolute atomic E-state index is 0.227. The SMILES string of the molecule is CCOC(=O)C1=C(C)N=c2s/c(=C\c3c(C)nn(-c4ccccc4)c3Cl)c(=O)n2[C@H]1c1ccccc1. The molecule has 7 nitrogen and oxygen atoms in total. The Hall–Kier alpha value is -3.75. The molecule has 1 atom stereocenters. The molecule has 0 saturated carbocycles. The van der Waals surface area contributed by atoms with Gasteiger partial charge in [0.15, 0.2) is 4.80 Å². The average molecular weight is 519 g/mol. The highest BCUT2D eigenvalue weighted by molar-refractivity contribution is 7.07. The molecule has 2 aromatic carbocycles. The number of hydrogen-bond donors (Lipinski definition) is 0. The van der Waals surface area contributed by atoms with E-state index in [0.717, 1.165) is 11.3 Å². The van der Waals surface area contributed by atoms with Gasteiger partial charge in [-0.1, -0.05) is 71.5 Å². The molecule has 2 aromatic heterocycles. The number of carbonyl (C=O) groups is 1. The van der Waals surface area contributed by atoms with E-state index in [0.29, 0.717) is 37.0 Å². The maximum Gasteiger partial charge on any atom is 0.338 e. The zero-order valence-electron chi connectivity index (χ0n) is 19.9. The molecule has 0 saturated heterocycles. The second-order valence-electron chi connectivity index (χ2n) is 8.25. The number of aromatic nitrogens is 3. The third-order valence-electron chi connectivity index (χ3n) is 5.96. The number of allylic oxidation sites excluding steroid dienone is 1. The summed E-state index contributed by atoms with van der Waals surface area (Å²) in [7, 11) is 0. The third-order valence-corrected chi connectivity index (χ3v) is 7.30. The van der Waals surface area contributed by atoms with E-state index in [-0.39, 0.29) is 12.2 Å². The van der Waals surface area contributed by atoms with Crippen LogP contribution in [-0.4, -0.2) is 26.9 Å². The molecule has 1 aliphatic rings. The molecule has 0 N–H and O–H groups in total. The van der Waals surface area contributed by atoms with E-state index in [2.05, 4.69) is 10.1 Å². The number of hydrogen-bond acceptors (Lipinski definition) is 6. The first-order valence-electron chi connectivity index (χ1n) is 11.5. The van der Waals surface area contributed by atoms with Gasteiger partial charge >= 0.3 is 5.97 Å². The van der Waals surface area contributed by atoms with E-state index >= 15 is 0 Å². The lowest BCUT2D eigenvalue weighted by atomic mass is 9.96. The van der Waals surface area contributed by atoms with Crippen LogP contribution in [0.25, 0.3) is 11.8 Å². The monoisotopic (exact) mass is 518 g/mol. The van der Waals surface area contributed by atoms with Gasteiger partial charge in [-0.25, -0.2) is 14.5 Å². The lowest BCUT2D eigenvalue weighted by Crippen LogP contribution is -2.39. The summed E-state index contributed by atoms with van der Waals surface area (Å²) in [5, 5.41) is 4.98. The van der Waals surface area contributed by atoms with E-state index in [1.54, 1.807) is 29.2 Å². The number of halogens is 1. The number of nitrogens with zero attached hydrogens (tertiary/aromatic N) is 4. The number of fused-ring (bicyclic) bond motifs is 1. The van der Waals surface area contributed by atoms with Crippen molar-refractivity contribution >= 4 is 35.0 Å². The van der Waals surface area contributed by atoms with Crippen LogP contribution in [0, 0.1) is 6.92 Å². The third kappa shape index (κ3) is 4.12. The Labute approximate surface area is 216 Å². The Morgan fingerprint density at radius 2 is 1.78 bits per heavy atom. The lowest BCUT2D eigenvalue weighted by molar-refractivity contribution is -0.139. The van der Waals surface area contributed by atoms with Gasteiger partial charge in [0.2, 0.25) is 0 Å². The molecule has 36 heavy (non-hydrogen) atoms. The molecule has 3 heterocycles. The predicted octanol–water partition coefficient (Wildman–Crippen LogP) is 3.95. The quantitative estimate of drug-likeness (QED) is 0.375. The van der Waals surface area contributed by atoms with E-state index in [4.69, 9.17) is 16.3 Å². The number of benzene rings is 2. The fourth-order valence-corrected chi connectivity index (χ4v) is 5.64. The van der Waals surface area contributed by atoms with E-state index < -0.39 is 12.0 Å². The molecule has 0 spiro atoms. The fraction of sp³-hybridized carbons (Fsp3) is 0.185. The first-order chi connectivity index (χ1) is 17.4. The van der Waals surface area contributed by atoms with Crippen LogP contribution in [0.3, 0.4) is 0 Å². The Morgan fingerprint density at radius 1 is 1.11 bits per heavy atom. The van der Waals surface area contributed by atoms with Gasteiger partial charge in [0.05, 0.1) is 39.8 Å². The summed E-state index contributed by atoms with van der Waals surface area (Å²) >= 11 is 7.97. The van der Waals surface area contributed by atoms with Crippen LogP contribution in [0.1, 0.15) is 36.7 Å². The zero-order valence-corrected chi connectivity index (χ0v) is 21.5. The largest absolute Gasteiger partial charge is 0.463 e. The molecule has 0 aliphatic carbocycles. The van der Waals surface area contributed by atoms with Crippen molar-refractivity contribution in [1.29, 1.82) is 0 Å². The number of rotatable bonds is 5. The van der Waals surface area contributed by atoms with Crippen molar-refractivity contribution in [3.63, 3.8) is 0 Å². The highest BCUT2D eigenvalue weighted by Crippen LogP contribution is 2.30. The van der Waals surface area contributed by atoms with Gasteiger partial charge in [-0.2, -0.15) is 5.10 Å². The first-order valence-corrected chi connectivity index (χ1v) is 12.6. The van der Waals surface area contributed by atoms with Crippen LogP contribution < -0.4 is 14.9 Å². The average Bonchev–Trinajstić information content (AvgIpc) is 3.34. The van der Waals surface area contributed by atoms with Crippen molar-refractivity contribution in [3.05, 3.63) is 114 Å². The molecule has 182 valence electrons. The molecule has 0 unspecified atom stereocenters. The Kier molecular flexibility index (Phi) is 6.47. The molecule has 1 aliphatic heterocycles. The van der Waals surface area contributed by atoms with Gasteiger partial charge in [0, 0.05) is 5.56 Å². The molecule has 0 radical (unpaired) electrons. The lowest BCUT2D eigenvalue weighted by Gasteiger charge is -2.24. The number of para-hydroxylation sites is 1. The van der Waals surface area contributed by atoms with Gasteiger partial charge in [0.25, 0.3) is 5.56 Å². The summed E-state index contributed by atoms with van der Waals surface area (Å²) in [5.74, 6) is -0.482. The Balaban J connectivity index is 1.70. The Bertz CT molecular complexity index is 1670. The van der Waals surface area contributed by atoms with Crippen molar-refractivity contribution < 1.29 is 9.53 Å². The maximum absolute atomic E-state index is 13.8. The van der Waals surface area contributed by atoms with Gasteiger partial charge < -0.3 is 4.74 Å². The number of ether oxygens (including phenoxy) is 1. The second-order valence-corrected chi connectivity index (χ2v) is 9.62. The fourth-order valence-electron chi connectivity index (χ4n) is 4.29. The normalized spacial score (nSPS) is 15.6. The number of carbonyl (C=O) groups excluding carboxylic acids is 1. The first kappa shape index (κ1) is 24.0. The smallest absolute Gasteiger partial charge is 0.338 e. The summed E-state index contributed by atoms with van der Waals surface area (Å²) in [4.78, 5) is 31.8. The highest BCUT2D eigenvalue weighted by Gasteiger charge is 2.33. The molecule has 0 amide bonds. The van der Waals surface area contributed by atoms with Crippen molar-refractivity contribution in [1.82, 2.24) is 14.3 Å². The molecule has 5 rings (SSSR count). The van der Waals surface area contributed by atoms with Crippen LogP contribution in [0.4, 0.5) is 0 Å². The van der Waals surface area contributed by atoms with Gasteiger partial charge in [0.1, 0.15) is 5.15 Å². The summed E-state index contributed by atoms with van der Waals surface area (Å²) in [6.45, 7) is 5.60. The van der Waals surface area contributed by atoms with Crippen LogP contribution in [0.15, 0.2) is 81.7 Å². The minimum Gasteiger partial charge on any atom is -0.463 e. The summed E-state index contributed by atoms with van der Waals surface area (Å²) in [5.41, 5.74) is 3.60. The topological polar surface area (TPSA) is 78.5 Å². The van der Waals surface area contributed by atoms with E-state index in [9.17, 15) is 9.59 Å². The number of esters is 1. The van der Waals surface area contributed by atoms with Crippen LogP contribution >= 0.6 is 22.9 Å². The summed E-state index contributed by atoms with van der Waals surface area (Å²) < 4.78 is 9.00. The van der Waals surface area contributed by atoms with Gasteiger partial charge in [-0.05, 0) is 44.5 Å². The van der Waals surface area contributed by atoms with E-state index in [1.165, 1.54) is 11.3 Å². The molecular formula is C27H23ClN4O3S. The summed E-state index contributed by atoms with van der Waals surface area (Å²) in [6, 6.07) is 18.4. The van der Waals surface area contributed by atoms with Crippen LogP contribution in [0.2, 0.25) is 5.15 Å².